The number of rotatable bonds is 5. The standard InChI is InChI=1S/C20H20N4O2S/c1-13-6-7-16(26-2)11-17(13)23-19-22-12-18(27-19)14-4-3-5-15(10-14)24-9-8-21-20(24)25/h3-7,10-12H,8-9H2,1-2H3,(H,21,25)(H,22,23). The molecule has 7 heteroatoms. The van der Waals surface area contributed by atoms with Crippen LogP contribution in [-0.4, -0.2) is 31.2 Å². The third-order valence-corrected chi connectivity index (χ3v) is 5.45. The first kappa shape index (κ1) is 17.4. The molecule has 1 aliphatic heterocycles. The highest BCUT2D eigenvalue weighted by Crippen LogP contribution is 2.34. The molecule has 0 bridgehead atoms. The highest BCUT2D eigenvalue weighted by Gasteiger charge is 2.21. The number of aryl methyl sites for hydroxylation is 1. The summed E-state index contributed by atoms with van der Waals surface area (Å²) in [6.07, 6.45) is 1.85. The third kappa shape index (κ3) is 3.59. The first-order chi connectivity index (χ1) is 13.1. The van der Waals surface area contributed by atoms with E-state index in [0.29, 0.717) is 13.1 Å². The van der Waals surface area contributed by atoms with Crippen LogP contribution in [0.3, 0.4) is 0 Å². The van der Waals surface area contributed by atoms with Crippen LogP contribution in [0.1, 0.15) is 5.56 Å². The van der Waals surface area contributed by atoms with E-state index in [4.69, 9.17) is 4.74 Å². The Labute approximate surface area is 161 Å². The lowest BCUT2D eigenvalue weighted by Gasteiger charge is -2.14. The number of ether oxygens (including phenoxy) is 1. The quantitative estimate of drug-likeness (QED) is 0.688. The maximum Gasteiger partial charge on any atom is 0.321 e. The number of benzene rings is 2. The molecule has 4 rings (SSSR count). The van der Waals surface area contributed by atoms with Crippen molar-refractivity contribution in [3.63, 3.8) is 0 Å². The molecule has 1 fully saturated rings. The van der Waals surface area contributed by atoms with Crippen molar-refractivity contribution in [1.29, 1.82) is 0 Å². The molecule has 1 aromatic heterocycles. The summed E-state index contributed by atoms with van der Waals surface area (Å²) in [5.74, 6) is 0.802. The number of amides is 2. The average molecular weight is 380 g/mol. The molecule has 0 radical (unpaired) electrons. The second kappa shape index (κ2) is 7.28. The average Bonchev–Trinajstić information content (AvgIpc) is 3.33. The molecule has 1 saturated heterocycles. The van der Waals surface area contributed by atoms with Crippen molar-refractivity contribution >= 4 is 33.9 Å². The molecule has 2 aromatic carbocycles. The van der Waals surface area contributed by atoms with E-state index in [-0.39, 0.29) is 6.03 Å². The molecule has 1 aliphatic rings. The van der Waals surface area contributed by atoms with Gasteiger partial charge < -0.3 is 15.4 Å². The van der Waals surface area contributed by atoms with Crippen LogP contribution in [0.25, 0.3) is 10.4 Å². The molecule has 0 atom stereocenters. The zero-order chi connectivity index (χ0) is 18.8. The van der Waals surface area contributed by atoms with Gasteiger partial charge in [0, 0.05) is 36.7 Å². The van der Waals surface area contributed by atoms with Crippen molar-refractivity contribution in [3.8, 4) is 16.2 Å². The predicted molar refractivity (Wildman–Crippen MR) is 109 cm³/mol. The van der Waals surface area contributed by atoms with Crippen LogP contribution in [0.2, 0.25) is 0 Å². The number of urea groups is 1. The van der Waals surface area contributed by atoms with E-state index in [0.717, 1.165) is 38.3 Å². The minimum Gasteiger partial charge on any atom is -0.497 e. The fraction of sp³-hybridized carbons (Fsp3) is 0.200. The number of aromatic nitrogens is 1. The van der Waals surface area contributed by atoms with Gasteiger partial charge in [0.15, 0.2) is 5.13 Å². The van der Waals surface area contributed by atoms with Gasteiger partial charge in [-0.25, -0.2) is 9.78 Å². The van der Waals surface area contributed by atoms with Crippen LogP contribution < -0.4 is 20.3 Å². The molecule has 6 nitrogen and oxygen atoms in total. The lowest BCUT2D eigenvalue weighted by atomic mass is 10.1. The van der Waals surface area contributed by atoms with E-state index < -0.39 is 0 Å². The van der Waals surface area contributed by atoms with Crippen molar-refractivity contribution in [2.24, 2.45) is 0 Å². The van der Waals surface area contributed by atoms with E-state index in [1.54, 1.807) is 23.3 Å². The predicted octanol–water partition coefficient (Wildman–Crippen LogP) is 4.40. The molecular formula is C20H20N4O2S. The topological polar surface area (TPSA) is 66.5 Å². The van der Waals surface area contributed by atoms with Crippen LogP contribution in [-0.2, 0) is 0 Å². The Morgan fingerprint density at radius 3 is 2.93 bits per heavy atom. The Kier molecular flexibility index (Phi) is 4.68. The summed E-state index contributed by atoms with van der Waals surface area (Å²) in [5.41, 5.74) is 4.03. The van der Waals surface area contributed by atoms with Gasteiger partial charge in [-0.1, -0.05) is 29.5 Å². The summed E-state index contributed by atoms with van der Waals surface area (Å²) in [5, 5.41) is 7.01. The number of nitrogens with zero attached hydrogens (tertiary/aromatic N) is 2. The van der Waals surface area contributed by atoms with Crippen LogP contribution in [0.5, 0.6) is 5.75 Å². The second-order valence-corrected chi connectivity index (χ2v) is 7.30. The van der Waals surface area contributed by atoms with Gasteiger partial charge in [-0.15, -0.1) is 0 Å². The normalized spacial score (nSPS) is 13.6. The summed E-state index contributed by atoms with van der Waals surface area (Å²) >= 11 is 1.57. The molecule has 0 saturated carbocycles. The molecule has 0 aliphatic carbocycles. The van der Waals surface area contributed by atoms with Gasteiger partial charge in [-0.2, -0.15) is 0 Å². The van der Waals surface area contributed by atoms with Crippen LogP contribution in [0.15, 0.2) is 48.7 Å². The van der Waals surface area contributed by atoms with E-state index in [9.17, 15) is 4.79 Å². The maximum absolute atomic E-state index is 11.9. The van der Waals surface area contributed by atoms with Gasteiger partial charge in [-0.3, -0.25) is 4.90 Å². The van der Waals surface area contributed by atoms with Gasteiger partial charge in [0.2, 0.25) is 0 Å². The van der Waals surface area contributed by atoms with Crippen molar-refractivity contribution in [1.82, 2.24) is 10.3 Å². The van der Waals surface area contributed by atoms with E-state index >= 15 is 0 Å². The largest absolute Gasteiger partial charge is 0.497 e. The Hall–Kier alpha value is -3.06. The molecule has 27 heavy (non-hydrogen) atoms. The first-order valence-electron chi connectivity index (χ1n) is 8.67. The SMILES string of the molecule is COc1ccc(C)c(Nc2ncc(-c3cccc(N4CCNC4=O)c3)s2)c1. The molecule has 138 valence electrons. The molecule has 2 amide bonds. The van der Waals surface area contributed by atoms with Gasteiger partial charge in [-0.05, 0) is 36.2 Å². The number of methoxy groups -OCH3 is 1. The van der Waals surface area contributed by atoms with Crippen LogP contribution >= 0.6 is 11.3 Å². The fourth-order valence-corrected chi connectivity index (χ4v) is 3.81. The minimum absolute atomic E-state index is 0.0488. The van der Waals surface area contributed by atoms with E-state index in [2.05, 4.69) is 15.6 Å². The van der Waals surface area contributed by atoms with Crippen molar-refractivity contribution in [2.75, 3.05) is 30.4 Å². The van der Waals surface area contributed by atoms with Crippen molar-refractivity contribution in [2.45, 2.75) is 6.92 Å². The lowest BCUT2D eigenvalue weighted by molar-refractivity contribution is 0.252. The maximum atomic E-state index is 11.9. The Morgan fingerprint density at radius 2 is 2.15 bits per heavy atom. The molecule has 2 N–H and O–H groups in total. The van der Waals surface area contributed by atoms with E-state index in [1.807, 2.05) is 55.6 Å². The van der Waals surface area contributed by atoms with Crippen LogP contribution in [0, 0.1) is 6.92 Å². The highest BCUT2D eigenvalue weighted by molar-refractivity contribution is 7.18. The molecule has 2 heterocycles. The summed E-state index contributed by atoms with van der Waals surface area (Å²) in [4.78, 5) is 19.2. The van der Waals surface area contributed by atoms with Gasteiger partial charge in [0.1, 0.15) is 5.75 Å². The lowest BCUT2D eigenvalue weighted by Crippen LogP contribution is -2.27. The molecule has 3 aromatic rings. The smallest absolute Gasteiger partial charge is 0.321 e. The van der Waals surface area contributed by atoms with Crippen LogP contribution in [0.4, 0.5) is 21.3 Å². The Bertz CT molecular complexity index is 986. The minimum atomic E-state index is -0.0488. The summed E-state index contributed by atoms with van der Waals surface area (Å²) < 4.78 is 5.30. The van der Waals surface area contributed by atoms with Crippen molar-refractivity contribution in [3.05, 3.63) is 54.2 Å². The first-order valence-corrected chi connectivity index (χ1v) is 9.49. The summed E-state index contributed by atoms with van der Waals surface area (Å²) in [7, 11) is 1.66. The fourth-order valence-electron chi connectivity index (χ4n) is 2.99. The number of nitrogens with one attached hydrogen (secondary N) is 2. The zero-order valence-electron chi connectivity index (χ0n) is 15.2. The number of anilines is 3. The van der Waals surface area contributed by atoms with Crippen molar-refractivity contribution < 1.29 is 9.53 Å². The zero-order valence-corrected chi connectivity index (χ0v) is 16.0. The second-order valence-electron chi connectivity index (χ2n) is 6.27. The number of hydrogen-bond donors (Lipinski definition) is 2. The van der Waals surface area contributed by atoms with Gasteiger partial charge >= 0.3 is 6.03 Å². The summed E-state index contributed by atoms with van der Waals surface area (Å²) in [6, 6.07) is 13.8. The highest BCUT2D eigenvalue weighted by atomic mass is 32.1. The number of hydrogen-bond acceptors (Lipinski definition) is 5. The molecular weight excluding hydrogens is 360 g/mol. The number of carbonyl (C=O) groups is 1. The Balaban J connectivity index is 1.57. The van der Waals surface area contributed by atoms with E-state index in [1.165, 1.54) is 0 Å². The molecule has 0 spiro atoms. The molecule has 0 unspecified atom stereocenters. The third-order valence-electron chi connectivity index (χ3n) is 4.49. The number of thiazole rings is 1. The van der Waals surface area contributed by atoms with Gasteiger partial charge in [0.25, 0.3) is 0 Å². The monoisotopic (exact) mass is 380 g/mol. The number of carbonyl (C=O) groups excluding carboxylic acids is 1. The van der Waals surface area contributed by atoms with Gasteiger partial charge in [0.05, 0.1) is 12.0 Å². The summed E-state index contributed by atoms with van der Waals surface area (Å²) in [6.45, 7) is 3.41. The Morgan fingerprint density at radius 1 is 1.26 bits per heavy atom.